The van der Waals surface area contributed by atoms with Gasteiger partial charge in [0.25, 0.3) is 5.91 Å². The summed E-state index contributed by atoms with van der Waals surface area (Å²) >= 11 is 3.95. The van der Waals surface area contributed by atoms with Crippen LogP contribution in [0, 0.1) is 0 Å². The van der Waals surface area contributed by atoms with E-state index in [9.17, 15) is 4.79 Å². The Balaban J connectivity index is 1.42. The molecule has 1 heterocycles. The topological polar surface area (TPSA) is 47.6 Å². The Morgan fingerprint density at radius 3 is 2.32 bits per heavy atom. The second-order valence-electron chi connectivity index (χ2n) is 5.56. The van der Waals surface area contributed by atoms with Crippen LogP contribution in [0.4, 0.5) is 0 Å². The van der Waals surface area contributed by atoms with Gasteiger partial charge >= 0.3 is 0 Å². The minimum absolute atomic E-state index is 0.0163. The lowest BCUT2D eigenvalue weighted by Crippen LogP contribution is -2.28. The molecule has 6 heteroatoms. The number of hydrogen-bond donors (Lipinski definition) is 1. The van der Waals surface area contributed by atoms with Gasteiger partial charge in [-0.05, 0) is 35.4 Å². The SMILES string of the molecule is COc1ccc(CNC(=O)COc2ccc(C3SCCS3)cc2)cc1. The number of methoxy groups -OCH3 is 1. The highest BCUT2D eigenvalue weighted by Crippen LogP contribution is 2.45. The smallest absolute Gasteiger partial charge is 0.258 e. The largest absolute Gasteiger partial charge is 0.497 e. The van der Waals surface area contributed by atoms with Crippen LogP contribution in [0.1, 0.15) is 15.7 Å². The van der Waals surface area contributed by atoms with Crippen LogP contribution in [0.2, 0.25) is 0 Å². The predicted octanol–water partition coefficient (Wildman–Crippen LogP) is 3.87. The van der Waals surface area contributed by atoms with Gasteiger partial charge in [0.15, 0.2) is 6.61 Å². The highest BCUT2D eigenvalue weighted by atomic mass is 32.2. The minimum Gasteiger partial charge on any atom is -0.497 e. The van der Waals surface area contributed by atoms with Gasteiger partial charge in [-0.3, -0.25) is 4.79 Å². The normalized spacial score (nSPS) is 14.3. The zero-order valence-electron chi connectivity index (χ0n) is 14.1. The lowest BCUT2D eigenvalue weighted by Gasteiger charge is -2.11. The van der Waals surface area contributed by atoms with Gasteiger partial charge in [0.1, 0.15) is 11.5 Å². The fraction of sp³-hybridized carbons (Fsp3) is 0.316. The van der Waals surface area contributed by atoms with Crippen LogP contribution in [-0.4, -0.2) is 31.1 Å². The molecule has 1 N–H and O–H groups in total. The summed E-state index contributed by atoms with van der Waals surface area (Å²) in [6.07, 6.45) is 0. The van der Waals surface area contributed by atoms with Crippen molar-refractivity contribution >= 4 is 29.4 Å². The number of amides is 1. The summed E-state index contributed by atoms with van der Waals surface area (Å²) in [6.45, 7) is 0.490. The van der Waals surface area contributed by atoms with Crippen LogP contribution in [-0.2, 0) is 11.3 Å². The first-order valence-electron chi connectivity index (χ1n) is 8.10. The molecule has 1 aliphatic heterocycles. The Morgan fingerprint density at radius 2 is 1.68 bits per heavy atom. The minimum atomic E-state index is -0.137. The lowest BCUT2D eigenvalue weighted by atomic mass is 10.2. The fourth-order valence-corrected chi connectivity index (χ4v) is 5.28. The van der Waals surface area contributed by atoms with E-state index in [1.54, 1.807) is 7.11 Å². The monoisotopic (exact) mass is 375 g/mol. The van der Waals surface area contributed by atoms with Crippen molar-refractivity contribution in [3.63, 3.8) is 0 Å². The number of thioether (sulfide) groups is 2. The highest BCUT2D eigenvalue weighted by Gasteiger charge is 2.17. The number of ether oxygens (including phenoxy) is 2. The molecule has 2 aromatic carbocycles. The van der Waals surface area contributed by atoms with Crippen LogP contribution < -0.4 is 14.8 Å². The van der Waals surface area contributed by atoms with Crippen molar-refractivity contribution in [3.05, 3.63) is 59.7 Å². The van der Waals surface area contributed by atoms with E-state index in [4.69, 9.17) is 9.47 Å². The van der Waals surface area contributed by atoms with Crippen LogP contribution in [0.25, 0.3) is 0 Å². The van der Waals surface area contributed by atoms with E-state index in [0.29, 0.717) is 11.1 Å². The predicted molar refractivity (Wildman–Crippen MR) is 104 cm³/mol. The van der Waals surface area contributed by atoms with Gasteiger partial charge in [-0.1, -0.05) is 24.3 Å². The maximum Gasteiger partial charge on any atom is 0.258 e. The van der Waals surface area contributed by atoms with Crippen molar-refractivity contribution in [2.45, 2.75) is 11.1 Å². The molecule has 1 fully saturated rings. The average Bonchev–Trinajstić information content (AvgIpc) is 3.20. The molecular formula is C19H21NO3S2. The van der Waals surface area contributed by atoms with Crippen LogP contribution in [0.3, 0.4) is 0 Å². The Morgan fingerprint density at radius 1 is 1.04 bits per heavy atom. The van der Waals surface area contributed by atoms with Gasteiger partial charge in [-0.2, -0.15) is 0 Å². The van der Waals surface area contributed by atoms with E-state index in [2.05, 4.69) is 17.4 Å². The first-order valence-corrected chi connectivity index (χ1v) is 10.2. The summed E-state index contributed by atoms with van der Waals surface area (Å²) in [7, 11) is 1.63. The molecule has 0 unspecified atom stereocenters. The van der Waals surface area contributed by atoms with Gasteiger partial charge in [0, 0.05) is 18.1 Å². The van der Waals surface area contributed by atoms with Crippen LogP contribution in [0.15, 0.2) is 48.5 Å². The lowest BCUT2D eigenvalue weighted by molar-refractivity contribution is -0.123. The molecule has 0 radical (unpaired) electrons. The number of nitrogens with one attached hydrogen (secondary N) is 1. The third-order valence-electron chi connectivity index (χ3n) is 3.79. The molecular weight excluding hydrogens is 354 g/mol. The van der Waals surface area contributed by atoms with Gasteiger partial charge < -0.3 is 14.8 Å². The zero-order chi connectivity index (χ0) is 17.5. The van der Waals surface area contributed by atoms with Gasteiger partial charge in [0.2, 0.25) is 0 Å². The van der Waals surface area contributed by atoms with Gasteiger partial charge in [-0.15, -0.1) is 23.5 Å². The molecule has 25 heavy (non-hydrogen) atoms. The molecule has 1 saturated heterocycles. The molecule has 4 nitrogen and oxygen atoms in total. The number of hydrogen-bond acceptors (Lipinski definition) is 5. The van der Waals surface area contributed by atoms with Gasteiger partial charge in [0.05, 0.1) is 11.7 Å². The van der Waals surface area contributed by atoms with E-state index >= 15 is 0 Å². The molecule has 0 saturated carbocycles. The van der Waals surface area contributed by atoms with Crippen LogP contribution >= 0.6 is 23.5 Å². The fourth-order valence-electron chi connectivity index (χ4n) is 2.42. The molecule has 0 spiro atoms. The van der Waals surface area contributed by atoms with E-state index < -0.39 is 0 Å². The summed E-state index contributed by atoms with van der Waals surface area (Å²) in [6, 6.07) is 15.6. The Labute approximate surface area is 156 Å². The Hall–Kier alpha value is -1.79. The Bertz CT molecular complexity index is 683. The van der Waals surface area contributed by atoms with Crippen molar-refractivity contribution < 1.29 is 14.3 Å². The molecule has 0 aliphatic carbocycles. The number of benzene rings is 2. The maximum atomic E-state index is 11.9. The van der Waals surface area contributed by atoms with E-state index in [1.165, 1.54) is 17.1 Å². The molecule has 0 bridgehead atoms. The molecule has 0 atom stereocenters. The quantitative estimate of drug-likeness (QED) is 0.796. The summed E-state index contributed by atoms with van der Waals surface area (Å²) in [5.74, 6) is 3.80. The molecule has 2 aromatic rings. The third kappa shape index (κ3) is 5.34. The second-order valence-corrected chi connectivity index (χ2v) is 8.28. The zero-order valence-corrected chi connectivity index (χ0v) is 15.7. The Kier molecular flexibility index (Phi) is 6.53. The van der Waals surface area contributed by atoms with E-state index in [-0.39, 0.29) is 12.5 Å². The summed E-state index contributed by atoms with van der Waals surface area (Å²) < 4.78 is 11.2. The van der Waals surface area contributed by atoms with Crippen molar-refractivity contribution in [3.8, 4) is 11.5 Å². The first kappa shape index (κ1) is 18.0. The standard InChI is InChI=1S/C19H21NO3S2/c1-22-16-6-2-14(3-7-16)12-20-18(21)13-23-17-8-4-15(5-9-17)19-24-10-11-25-19/h2-9,19H,10-13H2,1H3,(H,20,21). The number of carbonyl (C=O) groups is 1. The summed E-state index contributed by atoms with van der Waals surface area (Å²) in [5, 5.41) is 2.85. The van der Waals surface area contributed by atoms with Gasteiger partial charge in [-0.25, -0.2) is 0 Å². The van der Waals surface area contributed by atoms with Crippen LogP contribution in [0.5, 0.6) is 11.5 Å². The number of carbonyl (C=O) groups excluding carboxylic acids is 1. The first-order chi connectivity index (χ1) is 12.2. The number of rotatable bonds is 7. The molecule has 1 amide bonds. The summed E-state index contributed by atoms with van der Waals surface area (Å²) in [5.41, 5.74) is 2.33. The highest BCUT2D eigenvalue weighted by molar-refractivity contribution is 8.19. The van der Waals surface area contributed by atoms with Crippen molar-refractivity contribution in [2.24, 2.45) is 0 Å². The van der Waals surface area contributed by atoms with Crippen molar-refractivity contribution in [2.75, 3.05) is 25.2 Å². The molecule has 1 aliphatic rings. The van der Waals surface area contributed by atoms with Crippen molar-refractivity contribution in [1.82, 2.24) is 5.32 Å². The van der Waals surface area contributed by atoms with Crippen molar-refractivity contribution in [1.29, 1.82) is 0 Å². The molecule has 3 rings (SSSR count). The maximum absolute atomic E-state index is 11.9. The third-order valence-corrected chi connectivity index (χ3v) is 6.90. The van der Waals surface area contributed by atoms with E-state index in [1.807, 2.05) is 59.9 Å². The summed E-state index contributed by atoms with van der Waals surface area (Å²) in [4.78, 5) is 11.9. The average molecular weight is 376 g/mol. The second kappa shape index (κ2) is 9.06. The van der Waals surface area contributed by atoms with E-state index in [0.717, 1.165) is 17.1 Å². The molecule has 0 aromatic heterocycles. The molecule has 132 valence electrons.